The lowest BCUT2D eigenvalue weighted by Gasteiger charge is -2.38. The average molecular weight is 264 g/mol. The maximum atomic E-state index is 11.0. The first kappa shape index (κ1) is 13.9. The van der Waals surface area contributed by atoms with Gasteiger partial charge in [-0.25, -0.2) is 8.42 Å². The molecule has 0 atom stereocenters. The van der Waals surface area contributed by atoms with Crippen molar-refractivity contribution < 1.29 is 8.42 Å². The molecule has 4 nitrogen and oxygen atoms in total. The van der Waals surface area contributed by atoms with Gasteiger partial charge in [0.1, 0.15) is 9.84 Å². The standard InChI is InChI=1S/C10H20N2O2S2/c1-10(9(11)15)3-5-12(6-4-10)7-8-16(2,13)14/h3-8H2,1-2H3,(H2,11,15). The lowest BCUT2D eigenvalue weighted by atomic mass is 9.80. The third kappa shape index (κ3) is 3.99. The molecule has 0 saturated carbocycles. The first-order chi connectivity index (χ1) is 7.23. The molecule has 0 spiro atoms. The predicted octanol–water partition coefficient (Wildman–Crippen LogP) is 0.419. The molecule has 0 unspecified atom stereocenters. The van der Waals surface area contributed by atoms with Crippen LogP contribution in [0, 0.1) is 5.41 Å². The van der Waals surface area contributed by atoms with E-state index in [1.54, 1.807) is 0 Å². The van der Waals surface area contributed by atoms with Crippen LogP contribution < -0.4 is 5.73 Å². The van der Waals surface area contributed by atoms with Gasteiger partial charge < -0.3 is 10.6 Å². The highest BCUT2D eigenvalue weighted by Crippen LogP contribution is 2.30. The van der Waals surface area contributed by atoms with Crippen molar-refractivity contribution in [3.8, 4) is 0 Å². The number of hydrogen-bond donors (Lipinski definition) is 1. The van der Waals surface area contributed by atoms with E-state index < -0.39 is 9.84 Å². The van der Waals surface area contributed by atoms with Crippen LogP contribution in [0.5, 0.6) is 0 Å². The van der Waals surface area contributed by atoms with Crippen molar-refractivity contribution in [1.29, 1.82) is 0 Å². The van der Waals surface area contributed by atoms with E-state index in [4.69, 9.17) is 18.0 Å². The molecule has 0 aromatic carbocycles. The first-order valence-electron chi connectivity index (χ1n) is 5.43. The molecule has 2 N–H and O–H groups in total. The maximum absolute atomic E-state index is 11.0. The smallest absolute Gasteiger partial charge is 0.148 e. The number of likely N-dealkylation sites (tertiary alicyclic amines) is 1. The summed E-state index contributed by atoms with van der Waals surface area (Å²) in [6, 6.07) is 0. The van der Waals surface area contributed by atoms with E-state index in [0.29, 0.717) is 11.5 Å². The summed E-state index contributed by atoms with van der Waals surface area (Å²) >= 11 is 5.05. The zero-order valence-corrected chi connectivity index (χ0v) is 11.5. The highest BCUT2D eigenvalue weighted by molar-refractivity contribution is 7.90. The monoisotopic (exact) mass is 264 g/mol. The fourth-order valence-electron chi connectivity index (χ4n) is 1.81. The highest BCUT2D eigenvalue weighted by Gasteiger charge is 2.32. The second-order valence-corrected chi connectivity index (χ2v) is 7.60. The Balaban J connectivity index is 2.41. The summed E-state index contributed by atoms with van der Waals surface area (Å²) < 4.78 is 22.1. The molecule has 0 aliphatic carbocycles. The number of nitrogens with two attached hydrogens (primary N) is 1. The van der Waals surface area contributed by atoms with Crippen LogP contribution in [0.15, 0.2) is 0 Å². The molecule has 1 rings (SSSR count). The van der Waals surface area contributed by atoms with E-state index in [9.17, 15) is 8.42 Å². The van der Waals surface area contributed by atoms with Crippen LogP contribution in [0.2, 0.25) is 0 Å². The van der Waals surface area contributed by atoms with E-state index >= 15 is 0 Å². The zero-order chi connectivity index (χ0) is 12.4. The Morgan fingerprint density at radius 2 is 1.94 bits per heavy atom. The summed E-state index contributed by atoms with van der Waals surface area (Å²) in [6.07, 6.45) is 3.12. The molecule has 94 valence electrons. The van der Waals surface area contributed by atoms with Gasteiger partial charge in [0.05, 0.1) is 10.7 Å². The van der Waals surface area contributed by atoms with Crippen LogP contribution in [0.25, 0.3) is 0 Å². The van der Waals surface area contributed by atoms with Gasteiger partial charge in [0.25, 0.3) is 0 Å². The normalized spacial score (nSPS) is 21.9. The number of rotatable bonds is 4. The second kappa shape index (κ2) is 4.98. The summed E-state index contributed by atoms with van der Waals surface area (Å²) in [6.45, 7) is 4.46. The maximum Gasteiger partial charge on any atom is 0.148 e. The lowest BCUT2D eigenvalue weighted by Crippen LogP contribution is -2.45. The minimum Gasteiger partial charge on any atom is -0.393 e. The predicted molar refractivity (Wildman–Crippen MR) is 70.3 cm³/mol. The molecule has 0 bridgehead atoms. The van der Waals surface area contributed by atoms with Crippen LogP contribution in [0.1, 0.15) is 19.8 Å². The van der Waals surface area contributed by atoms with Crippen LogP contribution >= 0.6 is 12.2 Å². The van der Waals surface area contributed by atoms with E-state index in [1.165, 1.54) is 6.26 Å². The first-order valence-corrected chi connectivity index (χ1v) is 7.90. The highest BCUT2D eigenvalue weighted by atomic mass is 32.2. The number of sulfone groups is 1. The molecule has 16 heavy (non-hydrogen) atoms. The van der Waals surface area contributed by atoms with Gasteiger partial charge in [-0.1, -0.05) is 19.1 Å². The Hall–Kier alpha value is -0.200. The quantitative estimate of drug-likeness (QED) is 0.746. The minimum absolute atomic E-state index is 0.0447. The molecule has 1 fully saturated rings. The third-order valence-corrected chi connectivity index (χ3v) is 4.75. The van der Waals surface area contributed by atoms with Gasteiger partial charge in [0.2, 0.25) is 0 Å². The van der Waals surface area contributed by atoms with Crippen molar-refractivity contribution in [1.82, 2.24) is 4.90 Å². The topological polar surface area (TPSA) is 63.4 Å². The number of thiocarbonyl (C=S) groups is 1. The van der Waals surface area contributed by atoms with Crippen LogP contribution in [-0.2, 0) is 9.84 Å². The Morgan fingerprint density at radius 3 is 2.31 bits per heavy atom. The lowest BCUT2D eigenvalue weighted by molar-refractivity contribution is 0.172. The zero-order valence-electron chi connectivity index (χ0n) is 9.90. The van der Waals surface area contributed by atoms with E-state index in [-0.39, 0.29) is 11.2 Å². The molecule has 1 saturated heterocycles. The minimum atomic E-state index is -2.86. The van der Waals surface area contributed by atoms with Gasteiger partial charge in [-0.2, -0.15) is 0 Å². The van der Waals surface area contributed by atoms with Gasteiger partial charge in [-0.3, -0.25) is 0 Å². The van der Waals surface area contributed by atoms with E-state index in [1.807, 2.05) is 0 Å². The summed E-state index contributed by atoms with van der Waals surface area (Å²) in [5, 5.41) is 0. The number of hydrogen-bond acceptors (Lipinski definition) is 4. The van der Waals surface area contributed by atoms with Crippen molar-refractivity contribution in [2.24, 2.45) is 11.1 Å². The third-order valence-electron chi connectivity index (χ3n) is 3.33. The van der Waals surface area contributed by atoms with Gasteiger partial charge in [-0.15, -0.1) is 0 Å². The summed E-state index contributed by atoms with van der Waals surface area (Å²) in [5.74, 6) is 0.233. The number of nitrogens with zero attached hydrogens (tertiary/aromatic N) is 1. The van der Waals surface area contributed by atoms with Crippen molar-refractivity contribution in [3.05, 3.63) is 0 Å². The Kier molecular flexibility index (Phi) is 4.31. The fraction of sp³-hybridized carbons (Fsp3) is 0.900. The summed E-state index contributed by atoms with van der Waals surface area (Å²) in [4.78, 5) is 2.75. The van der Waals surface area contributed by atoms with Gasteiger partial charge in [0.15, 0.2) is 0 Å². The Labute approximate surface area is 103 Å². The van der Waals surface area contributed by atoms with E-state index in [2.05, 4.69) is 11.8 Å². The van der Waals surface area contributed by atoms with Crippen LogP contribution in [0.4, 0.5) is 0 Å². The Bertz CT molecular complexity index is 357. The molecule has 1 aliphatic rings. The molecular formula is C10H20N2O2S2. The largest absolute Gasteiger partial charge is 0.393 e. The van der Waals surface area contributed by atoms with Gasteiger partial charge in [0, 0.05) is 18.2 Å². The second-order valence-electron chi connectivity index (χ2n) is 4.90. The molecule has 6 heteroatoms. The summed E-state index contributed by atoms with van der Waals surface area (Å²) in [5.41, 5.74) is 5.66. The fourth-order valence-corrected chi connectivity index (χ4v) is 2.61. The van der Waals surface area contributed by atoms with Crippen molar-refractivity contribution in [3.63, 3.8) is 0 Å². The number of piperidine rings is 1. The van der Waals surface area contributed by atoms with Crippen molar-refractivity contribution in [2.45, 2.75) is 19.8 Å². The van der Waals surface area contributed by atoms with Gasteiger partial charge in [-0.05, 0) is 25.9 Å². The average Bonchev–Trinajstić information content (AvgIpc) is 2.15. The molecule has 0 aromatic heterocycles. The molecule has 1 heterocycles. The molecular weight excluding hydrogens is 244 g/mol. The van der Waals surface area contributed by atoms with Crippen LogP contribution in [-0.4, -0.2) is 49.9 Å². The summed E-state index contributed by atoms with van der Waals surface area (Å²) in [7, 11) is -2.86. The molecule has 1 aliphatic heterocycles. The SMILES string of the molecule is CC1(C(N)=S)CCN(CCS(C)(=O)=O)CC1. The molecule has 0 radical (unpaired) electrons. The van der Waals surface area contributed by atoms with Crippen molar-refractivity contribution >= 4 is 27.0 Å². The molecule has 0 aromatic rings. The van der Waals surface area contributed by atoms with E-state index in [0.717, 1.165) is 25.9 Å². The van der Waals surface area contributed by atoms with Crippen molar-refractivity contribution in [2.75, 3.05) is 31.6 Å². The van der Waals surface area contributed by atoms with Gasteiger partial charge >= 0.3 is 0 Å². The molecule has 0 amide bonds. The van der Waals surface area contributed by atoms with Crippen LogP contribution in [0.3, 0.4) is 0 Å². The Morgan fingerprint density at radius 1 is 1.44 bits per heavy atom.